The second-order valence-electron chi connectivity index (χ2n) is 18.8. The number of amides is 3. The maximum Gasteiger partial charge on any atom is 0.410 e. The van der Waals surface area contributed by atoms with Gasteiger partial charge >= 0.3 is 12.2 Å². The van der Waals surface area contributed by atoms with Gasteiger partial charge in [0.1, 0.15) is 18.2 Å². The standard InChI is InChI=1S/C40H66N4O7/c1-7-25-24(4)21-27(31(23(2)3)51-36(48)44-19-10-20-44)49-32(25)33(45)40(41)16-9-15-38-22-39(38)17-14-30(37(5,6)28(39)12-13-29(38)40)50-35(47)43-26-11-8-18-42-34(26)46/h23-33,45H,7-22,41H2,1-6H3,(H,42,46)(H,43,47)/t24-,25+,26+,27?,28+,29?,30+,31-,32?,33+,38+,39-,40+/m1/s1. The zero-order valence-electron chi connectivity index (χ0n) is 32.1. The predicted octanol–water partition coefficient (Wildman–Crippen LogP) is 5.51. The van der Waals surface area contributed by atoms with E-state index >= 15 is 0 Å². The van der Waals surface area contributed by atoms with Crippen LogP contribution in [0.25, 0.3) is 0 Å². The van der Waals surface area contributed by atoms with Crippen LogP contribution in [0.1, 0.15) is 125 Å². The molecule has 0 aromatic rings. The van der Waals surface area contributed by atoms with E-state index in [0.29, 0.717) is 24.8 Å². The predicted molar refractivity (Wildman–Crippen MR) is 192 cm³/mol. The second kappa shape index (κ2) is 13.6. The third-order valence-electron chi connectivity index (χ3n) is 15.7. The number of rotatable bonds is 8. The maximum atomic E-state index is 13.1. The van der Waals surface area contributed by atoms with Gasteiger partial charge in [-0.25, -0.2) is 9.59 Å². The van der Waals surface area contributed by atoms with Crippen molar-refractivity contribution < 1.29 is 33.7 Å². The van der Waals surface area contributed by atoms with Gasteiger partial charge in [0.25, 0.3) is 0 Å². The lowest BCUT2D eigenvalue weighted by molar-refractivity contribution is -0.213. The Morgan fingerprint density at radius 1 is 1.06 bits per heavy atom. The van der Waals surface area contributed by atoms with Crippen LogP contribution in [0.4, 0.5) is 9.59 Å². The number of ether oxygens (including phenoxy) is 3. The molecule has 5 N–H and O–H groups in total. The smallest absolute Gasteiger partial charge is 0.410 e. The molecule has 13 atom stereocenters. The molecule has 3 aliphatic heterocycles. The highest BCUT2D eigenvalue weighted by Gasteiger charge is 2.80. The third-order valence-corrected chi connectivity index (χ3v) is 15.7. The first kappa shape index (κ1) is 37.2. The van der Waals surface area contributed by atoms with Crippen molar-refractivity contribution in [2.45, 2.75) is 167 Å². The van der Waals surface area contributed by atoms with Crippen molar-refractivity contribution in [3.05, 3.63) is 0 Å². The van der Waals surface area contributed by atoms with E-state index in [4.69, 9.17) is 19.9 Å². The Kier molecular flexibility index (Phi) is 9.95. The molecular formula is C40H66N4O7. The molecule has 0 radical (unpaired) electrons. The van der Waals surface area contributed by atoms with E-state index in [1.165, 1.54) is 0 Å². The summed E-state index contributed by atoms with van der Waals surface area (Å²) >= 11 is 0. The van der Waals surface area contributed by atoms with Gasteiger partial charge in [-0.2, -0.15) is 0 Å². The summed E-state index contributed by atoms with van der Waals surface area (Å²) in [5.41, 5.74) is 6.84. The highest BCUT2D eigenvalue weighted by molar-refractivity contribution is 5.86. The van der Waals surface area contributed by atoms with Crippen molar-refractivity contribution in [1.29, 1.82) is 0 Å². The molecule has 0 aromatic heterocycles. The van der Waals surface area contributed by atoms with Gasteiger partial charge in [-0.15, -0.1) is 0 Å². The minimum atomic E-state index is -0.823. The Bertz CT molecular complexity index is 1340. The molecular weight excluding hydrogens is 648 g/mol. The van der Waals surface area contributed by atoms with E-state index in [9.17, 15) is 19.5 Å². The highest BCUT2D eigenvalue weighted by Crippen LogP contribution is 2.85. The lowest BCUT2D eigenvalue weighted by Gasteiger charge is -2.60. The average molecular weight is 715 g/mol. The maximum absolute atomic E-state index is 13.1. The van der Waals surface area contributed by atoms with Crippen LogP contribution in [0.3, 0.4) is 0 Å². The number of nitrogens with two attached hydrogens (primary N) is 1. The number of likely N-dealkylation sites (tertiary alicyclic amines) is 1. The number of alkyl carbamates (subject to hydrolysis) is 1. The van der Waals surface area contributed by atoms with Crippen LogP contribution in [-0.4, -0.2) is 89.8 Å². The van der Waals surface area contributed by atoms with Crippen molar-refractivity contribution >= 4 is 18.1 Å². The van der Waals surface area contributed by atoms with Gasteiger partial charge in [-0.1, -0.05) is 54.4 Å². The number of nitrogens with zero attached hydrogens (tertiary/aromatic N) is 1. The minimum Gasteiger partial charge on any atom is -0.446 e. The molecule has 288 valence electrons. The van der Waals surface area contributed by atoms with Crippen molar-refractivity contribution in [3.8, 4) is 0 Å². The lowest BCUT2D eigenvalue weighted by Crippen LogP contribution is -2.69. The minimum absolute atomic E-state index is 0.0726. The van der Waals surface area contributed by atoms with E-state index < -0.39 is 29.9 Å². The molecule has 7 rings (SSSR count). The van der Waals surface area contributed by atoms with E-state index in [1.54, 1.807) is 4.90 Å². The molecule has 4 saturated carbocycles. The molecule has 7 fully saturated rings. The summed E-state index contributed by atoms with van der Waals surface area (Å²) in [5.74, 6) is 0.972. The fraction of sp³-hybridized carbons (Fsp3) is 0.925. The lowest BCUT2D eigenvalue weighted by atomic mass is 9.47. The third kappa shape index (κ3) is 6.07. The number of carbonyl (C=O) groups excluding carboxylic acids is 3. The fourth-order valence-electron chi connectivity index (χ4n) is 12.9. The number of carbonyl (C=O) groups is 3. The molecule has 4 aliphatic carbocycles. The molecule has 11 nitrogen and oxygen atoms in total. The van der Waals surface area contributed by atoms with Gasteiger partial charge in [0.2, 0.25) is 5.91 Å². The van der Waals surface area contributed by atoms with E-state index in [2.05, 4.69) is 52.2 Å². The molecule has 3 heterocycles. The Morgan fingerprint density at radius 3 is 2.45 bits per heavy atom. The van der Waals surface area contributed by atoms with Crippen LogP contribution in [-0.2, 0) is 19.0 Å². The Labute approximate surface area is 305 Å². The molecule has 3 saturated heterocycles. The first-order chi connectivity index (χ1) is 24.2. The van der Waals surface area contributed by atoms with E-state index in [0.717, 1.165) is 90.1 Å². The number of aliphatic hydroxyl groups is 1. The van der Waals surface area contributed by atoms with Crippen LogP contribution < -0.4 is 16.4 Å². The second-order valence-corrected chi connectivity index (χ2v) is 18.8. The largest absolute Gasteiger partial charge is 0.446 e. The summed E-state index contributed by atoms with van der Waals surface area (Å²) < 4.78 is 19.2. The van der Waals surface area contributed by atoms with Gasteiger partial charge in [0.15, 0.2) is 0 Å². The van der Waals surface area contributed by atoms with E-state index in [1.807, 2.05) is 0 Å². The Morgan fingerprint density at radius 2 is 1.78 bits per heavy atom. The van der Waals surface area contributed by atoms with Crippen molar-refractivity contribution in [3.63, 3.8) is 0 Å². The van der Waals surface area contributed by atoms with Crippen LogP contribution in [0.15, 0.2) is 0 Å². The Hall–Kier alpha value is -2.11. The number of hydrogen-bond acceptors (Lipinski definition) is 8. The van der Waals surface area contributed by atoms with Gasteiger partial charge in [-0.05, 0) is 111 Å². The molecule has 51 heavy (non-hydrogen) atoms. The molecule has 0 bridgehead atoms. The van der Waals surface area contributed by atoms with Crippen LogP contribution >= 0.6 is 0 Å². The van der Waals surface area contributed by atoms with Gasteiger partial charge < -0.3 is 40.6 Å². The fourth-order valence-corrected chi connectivity index (χ4v) is 12.9. The van der Waals surface area contributed by atoms with Crippen molar-refractivity contribution in [2.75, 3.05) is 19.6 Å². The highest BCUT2D eigenvalue weighted by atomic mass is 16.6. The topological polar surface area (TPSA) is 152 Å². The monoisotopic (exact) mass is 714 g/mol. The van der Waals surface area contributed by atoms with E-state index in [-0.39, 0.29) is 64.3 Å². The normalized spacial score (nSPS) is 44.0. The summed E-state index contributed by atoms with van der Waals surface area (Å²) in [6.07, 6.45) is 8.97. The number of nitrogens with one attached hydrogen (secondary N) is 2. The quantitative estimate of drug-likeness (QED) is 0.257. The Balaban J connectivity index is 1.07. The number of piperidine rings is 1. The van der Waals surface area contributed by atoms with Gasteiger partial charge in [-0.3, -0.25) is 4.79 Å². The van der Waals surface area contributed by atoms with Crippen LogP contribution in [0.2, 0.25) is 0 Å². The number of aliphatic hydroxyl groups excluding tert-OH is 1. The summed E-state index contributed by atoms with van der Waals surface area (Å²) in [6, 6.07) is -0.534. The zero-order chi connectivity index (χ0) is 36.5. The first-order valence-electron chi connectivity index (χ1n) is 20.5. The SMILES string of the molecule is CC[C@@H]1C([C@H](O)[C@]2(N)CCC[C@@]34C[C@@]35CC[C@H](OC(=O)N[C@H]3CCCNC3=O)C(C)(C)[C@@H]5CCC42)OC([C@H](OC(=O)N2CCC2)C(C)C)C[C@H]1C. The zero-order valence-corrected chi connectivity index (χ0v) is 32.1. The summed E-state index contributed by atoms with van der Waals surface area (Å²) in [6.45, 7) is 15.3. The van der Waals surface area contributed by atoms with Crippen molar-refractivity contribution in [2.24, 2.45) is 51.6 Å². The molecule has 2 spiro atoms. The molecule has 11 heteroatoms. The van der Waals surface area contributed by atoms with Crippen LogP contribution in [0.5, 0.6) is 0 Å². The number of hydrogen-bond donors (Lipinski definition) is 4. The summed E-state index contributed by atoms with van der Waals surface area (Å²) in [5, 5.41) is 18.3. The summed E-state index contributed by atoms with van der Waals surface area (Å²) in [7, 11) is 0. The van der Waals surface area contributed by atoms with Crippen LogP contribution in [0, 0.1) is 45.8 Å². The first-order valence-corrected chi connectivity index (χ1v) is 20.5. The van der Waals surface area contributed by atoms with Gasteiger partial charge in [0.05, 0.1) is 18.3 Å². The molecule has 7 aliphatic rings. The van der Waals surface area contributed by atoms with Crippen molar-refractivity contribution in [1.82, 2.24) is 15.5 Å². The molecule has 0 aromatic carbocycles. The summed E-state index contributed by atoms with van der Waals surface area (Å²) in [4.78, 5) is 40.1. The molecule has 3 amide bonds. The molecule has 3 unspecified atom stereocenters. The van der Waals surface area contributed by atoms with Gasteiger partial charge in [0, 0.05) is 30.6 Å². The average Bonchev–Trinajstić information content (AvgIpc) is 3.71.